The minimum Gasteiger partial charge on any atom is -0.395 e. The van der Waals surface area contributed by atoms with Gasteiger partial charge in [-0.3, -0.25) is 0 Å². The smallest absolute Gasteiger partial charge is 0.0529 e. The summed E-state index contributed by atoms with van der Waals surface area (Å²) in [7, 11) is 0. The van der Waals surface area contributed by atoms with Crippen molar-refractivity contribution in [3.05, 3.63) is 69.7 Å². The van der Waals surface area contributed by atoms with Crippen molar-refractivity contribution >= 4 is 23.2 Å². The zero-order chi connectivity index (χ0) is 13.9. The molecule has 0 spiro atoms. The molecule has 0 aliphatic rings. The van der Waals surface area contributed by atoms with Gasteiger partial charge in [-0.15, -0.1) is 0 Å². The Bertz CT molecular complexity index is 551. The van der Waals surface area contributed by atoms with Crippen molar-refractivity contribution in [3.8, 4) is 0 Å². The first-order chi connectivity index (χ1) is 9.05. The van der Waals surface area contributed by atoms with Crippen molar-refractivity contribution in [2.75, 3.05) is 6.61 Å². The molecule has 1 atom stereocenters. The van der Waals surface area contributed by atoms with Crippen LogP contribution >= 0.6 is 23.2 Å². The third-order valence-electron chi connectivity index (χ3n) is 3.38. The summed E-state index contributed by atoms with van der Waals surface area (Å²) in [6.07, 6.45) is 0.713. The number of aliphatic hydroxyl groups excluding tert-OH is 1. The van der Waals surface area contributed by atoms with E-state index in [2.05, 4.69) is 0 Å². The van der Waals surface area contributed by atoms with Gasteiger partial charge in [0.05, 0.1) is 6.61 Å². The van der Waals surface area contributed by atoms with Crippen LogP contribution in [0, 0.1) is 0 Å². The van der Waals surface area contributed by atoms with E-state index in [-0.39, 0.29) is 6.61 Å². The summed E-state index contributed by atoms with van der Waals surface area (Å²) in [5.41, 5.74) is 1.70. The van der Waals surface area contributed by atoms with Crippen LogP contribution in [0.15, 0.2) is 48.5 Å². The molecular weight excluding hydrogens is 279 g/mol. The maximum atomic E-state index is 9.79. The Morgan fingerprint density at radius 1 is 1.00 bits per heavy atom. The summed E-state index contributed by atoms with van der Waals surface area (Å²) in [5.74, 6) is 0. The lowest BCUT2D eigenvalue weighted by molar-refractivity contribution is 0.205. The molecule has 0 bridgehead atoms. The van der Waals surface area contributed by atoms with E-state index in [1.54, 1.807) is 0 Å². The fraction of sp³-hybridized carbons (Fsp3) is 0.250. The molecule has 0 aliphatic heterocycles. The predicted octanol–water partition coefficient (Wildman–Crippen LogP) is 4.49. The van der Waals surface area contributed by atoms with Crippen LogP contribution in [0.3, 0.4) is 0 Å². The molecule has 100 valence electrons. The molecule has 1 unspecified atom stereocenters. The van der Waals surface area contributed by atoms with E-state index in [1.165, 1.54) is 0 Å². The zero-order valence-electron chi connectivity index (χ0n) is 10.7. The number of hydrogen-bond donors (Lipinski definition) is 1. The number of rotatable bonds is 4. The second-order valence-electron chi connectivity index (χ2n) is 5.00. The molecule has 0 radical (unpaired) electrons. The van der Waals surface area contributed by atoms with Crippen molar-refractivity contribution in [2.24, 2.45) is 0 Å². The molecule has 1 N–H and O–H groups in total. The standard InChI is InChI=1S/C16H16Cl2O/c1-16(11-19,14-4-2-3-5-15(14)18)10-12-6-8-13(17)9-7-12/h2-9,19H,10-11H2,1H3. The van der Waals surface area contributed by atoms with Crippen LogP contribution < -0.4 is 0 Å². The first kappa shape index (κ1) is 14.4. The SMILES string of the molecule is CC(CO)(Cc1ccc(Cl)cc1)c1ccccc1Cl. The van der Waals surface area contributed by atoms with E-state index in [4.69, 9.17) is 23.2 Å². The Morgan fingerprint density at radius 2 is 1.63 bits per heavy atom. The monoisotopic (exact) mass is 294 g/mol. The van der Waals surface area contributed by atoms with Crippen LogP contribution in [-0.4, -0.2) is 11.7 Å². The first-order valence-corrected chi connectivity index (χ1v) is 6.91. The molecule has 0 fully saturated rings. The number of halogens is 2. The number of hydrogen-bond acceptors (Lipinski definition) is 1. The molecule has 2 aromatic rings. The summed E-state index contributed by atoms with van der Waals surface area (Å²) >= 11 is 12.1. The lowest BCUT2D eigenvalue weighted by Gasteiger charge is -2.29. The highest BCUT2D eigenvalue weighted by molar-refractivity contribution is 6.31. The Hall–Kier alpha value is -1.02. The van der Waals surface area contributed by atoms with Gasteiger partial charge in [-0.25, -0.2) is 0 Å². The van der Waals surface area contributed by atoms with Gasteiger partial charge in [-0.05, 0) is 35.7 Å². The molecule has 3 heteroatoms. The minimum absolute atomic E-state index is 0.0410. The van der Waals surface area contributed by atoms with Crippen molar-refractivity contribution < 1.29 is 5.11 Å². The Kier molecular flexibility index (Phi) is 4.51. The Balaban J connectivity index is 2.33. The van der Waals surface area contributed by atoms with Gasteiger partial charge in [0.2, 0.25) is 0 Å². The normalized spacial score (nSPS) is 14.1. The molecule has 0 aromatic heterocycles. The van der Waals surface area contributed by atoms with E-state index in [0.717, 1.165) is 11.1 Å². The molecule has 0 saturated carbocycles. The highest BCUT2D eigenvalue weighted by atomic mass is 35.5. The average molecular weight is 295 g/mol. The summed E-state index contributed by atoms with van der Waals surface area (Å²) in [5, 5.41) is 11.2. The number of benzene rings is 2. The summed E-state index contributed by atoms with van der Waals surface area (Å²) in [6.45, 7) is 2.06. The molecule has 0 amide bonds. The molecule has 0 saturated heterocycles. The highest BCUT2D eigenvalue weighted by Crippen LogP contribution is 2.33. The van der Waals surface area contributed by atoms with E-state index in [0.29, 0.717) is 16.5 Å². The summed E-state index contributed by atoms with van der Waals surface area (Å²) < 4.78 is 0. The fourth-order valence-corrected chi connectivity index (χ4v) is 2.73. The molecule has 0 aliphatic carbocycles. The molecule has 0 heterocycles. The topological polar surface area (TPSA) is 20.2 Å². The fourth-order valence-electron chi connectivity index (χ4n) is 2.24. The maximum absolute atomic E-state index is 9.79. The van der Waals surface area contributed by atoms with Gasteiger partial charge in [-0.1, -0.05) is 60.5 Å². The third-order valence-corrected chi connectivity index (χ3v) is 3.96. The van der Waals surface area contributed by atoms with Gasteiger partial charge in [0, 0.05) is 15.5 Å². The second kappa shape index (κ2) is 5.96. The molecular formula is C16H16Cl2O. The third kappa shape index (κ3) is 3.30. The summed E-state index contributed by atoms with van der Waals surface area (Å²) in [6, 6.07) is 15.3. The van der Waals surface area contributed by atoms with Gasteiger partial charge in [0.1, 0.15) is 0 Å². The number of aliphatic hydroxyl groups is 1. The zero-order valence-corrected chi connectivity index (χ0v) is 12.2. The van der Waals surface area contributed by atoms with E-state index in [1.807, 2.05) is 55.5 Å². The molecule has 2 aromatic carbocycles. The molecule has 2 rings (SSSR count). The lowest BCUT2D eigenvalue weighted by atomic mass is 9.78. The van der Waals surface area contributed by atoms with Gasteiger partial charge < -0.3 is 5.11 Å². The van der Waals surface area contributed by atoms with Crippen LogP contribution in [0.2, 0.25) is 10.0 Å². The summed E-state index contributed by atoms with van der Waals surface area (Å²) in [4.78, 5) is 0. The Morgan fingerprint density at radius 3 is 2.21 bits per heavy atom. The molecule has 19 heavy (non-hydrogen) atoms. The lowest BCUT2D eigenvalue weighted by Crippen LogP contribution is -2.29. The minimum atomic E-state index is -0.397. The average Bonchev–Trinajstić information content (AvgIpc) is 2.42. The van der Waals surface area contributed by atoms with Gasteiger partial charge in [-0.2, -0.15) is 0 Å². The van der Waals surface area contributed by atoms with Crippen molar-refractivity contribution in [3.63, 3.8) is 0 Å². The van der Waals surface area contributed by atoms with Crippen LogP contribution in [0.25, 0.3) is 0 Å². The predicted molar refractivity (Wildman–Crippen MR) is 81.0 cm³/mol. The highest BCUT2D eigenvalue weighted by Gasteiger charge is 2.28. The van der Waals surface area contributed by atoms with Crippen LogP contribution in [0.1, 0.15) is 18.1 Å². The maximum Gasteiger partial charge on any atom is 0.0529 e. The van der Waals surface area contributed by atoms with Gasteiger partial charge in [0.15, 0.2) is 0 Å². The Labute approximate surface area is 123 Å². The van der Waals surface area contributed by atoms with Gasteiger partial charge in [0.25, 0.3) is 0 Å². The second-order valence-corrected chi connectivity index (χ2v) is 5.85. The molecule has 1 nitrogen and oxygen atoms in total. The van der Waals surface area contributed by atoms with Crippen molar-refractivity contribution in [1.82, 2.24) is 0 Å². The van der Waals surface area contributed by atoms with Gasteiger partial charge >= 0.3 is 0 Å². The van der Waals surface area contributed by atoms with E-state index >= 15 is 0 Å². The largest absolute Gasteiger partial charge is 0.395 e. The van der Waals surface area contributed by atoms with Crippen molar-refractivity contribution in [1.29, 1.82) is 0 Å². The first-order valence-electron chi connectivity index (χ1n) is 6.15. The van der Waals surface area contributed by atoms with Crippen molar-refractivity contribution in [2.45, 2.75) is 18.8 Å². The van der Waals surface area contributed by atoms with E-state index in [9.17, 15) is 5.11 Å². The van der Waals surface area contributed by atoms with Crippen LogP contribution in [-0.2, 0) is 11.8 Å². The quantitative estimate of drug-likeness (QED) is 0.881. The van der Waals surface area contributed by atoms with Crippen LogP contribution in [0.4, 0.5) is 0 Å². The van der Waals surface area contributed by atoms with E-state index < -0.39 is 5.41 Å². The van der Waals surface area contributed by atoms with Crippen LogP contribution in [0.5, 0.6) is 0 Å².